The van der Waals surface area contributed by atoms with Crippen molar-refractivity contribution >= 4 is 16.9 Å². The maximum atomic E-state index is 6.62. The van der Waals surface area contributed by atoms with E-state index in [1.807, 2.05) is 53.1 Å². The summed E-state index contributed by atoms with van der Waals surface area (Å²) in [4.78, 5) is 4.56. The topological polar surface area (TPSA) is 74.4 Å². The number of methoxy groups -OCH3 is 2. The van der Waals surface area contributed by atoms with Gasteiger partial charge < -0.3 is 19.6 Å². The summed E-state index contributed by atoms with van der Waals surface area (Å²) >= 11 is 0. The number of rotatable bonds is 6. The van der Waals surface area contributed by atoms with E-state index in [0.29, 0.717) is 17.4 Å². The Kier molecular flexibility index (Phi) is 5.31. The van der Waals surface area contributed by atoms with E-state index in [9.17, 15) is 0 Å². The zero-order chi connectivity index (χ0) is 21.3. The molecule has 0 saturated heterocycles. The third-order valence-corrected chi connectivity index (χ3v) is 5.06. The van der Waals surface area contributed by atoms with Gasteiger partial charge in [-0.2, -0.15) is 0 Å². The van der Waals surface area contributed by atoms with Crippen molar-refractivity contribution in [1.29, 1.82) is 0 Å². The number of aromatic nitrogens is 2. The standard InChI is InChI=1S/C24H25N3O3/c1-15(2)13-27-14-26-24-21(23(27)25)20(16-5-9-18(28-3)10-6-16)22(30-24)17-7-11-19(29-4)12-8-17/h5-12,14-15,25H,13H2,1-4H3/p+1. The van der Waals surface area contributed by atoms with Crippen molar-refractivity contribution in [3.63, 3.8) is 0 Å². The average molecular weight is 404 g/mol. The van der Waals surface area contributed by atoms with Crippen molar-refractivity contribution in [2.45, 2.75) is 20.4 Å². The summed E-state index contributed by atoms with van der Waals surface area (Å²) in [5, 5.41) is 0.814. The fourth-order valence-electron chi connectivity index (χ4n) is 3.59. The fraction of sp³-hybridized carbons (Fsp3) is 0.250. The van der Waals surface area contributed by atoms with E-state index >= 15 is 0 Å². The van der Waals surface area contributed by atoms with E-state index in [0.717, 1.165) is 45.9 Å². The molecule has 2 aromatic heterocycles. The molecular weight excluding hydrogens is 378 g/mol. The number of benzene rings is 2. The largest absolute Gasteiger partial charge is 0.497 e. The monoisotopic (exact) mass is 404 g/mol. The number of anilines is 1. The van der Waals surface area contributed by atoms with Crippen LogP contribution in [0.2, 0.25) is 0 Å². The van der Waals surface area contributed by atoms with E-state index < -0.39 is 0 Å². The van der Waals surface area contributed by atoms with Gasteiger partial charge in [0.1, 0.15) is 22.6 Å². The van der Waals surface area contributed by atoms with Crippen LogP contribution >= 0.6 is 0 Å². The molecule has 0 radical (unpaired) electrons. The van der Waals surface area contributed by atoms with Gasteiger partial charge in [0.15, 0.2) is 0 Å². The van der Waals surface area contributed by atoms with Crippen molar-refractivity contribution in [2.24, 2.45) is 5.92 Å². The highest BCUT2D eigenvalue weighted by Gasteiger charge is 2.26. The second kappa shape index (κ2) is 8.06. The van der Waals surface area contributed by atoms with Gasteiger partial charge in [-0.15, -0.1) is 0 Å². The summed E-state index contributed by atoms with van der Waals surface area (Å²) in [5.74, 6) is 3.38. The molecule has 154 valence electrons. The van der Waals surface area contributed by atoms with Crippen molar-refractivity contribution in [3.8, 4) is 33.9 Å². The summed E-state index contributed by atoms with van der Waals surface area (Å²) in [6, 6.07) is 15.7. The first kappa shape index (κ1) is 19.8. The molecule has 0 fully saturated rings. The molecule has 0 amide bonds. The van der Waals surface area contributed by atoms with Crippen LogP contribution in [0.15, 0.2) is 59.3 Å². The molecule has 2 aromatic carbocycles. The summed E-state index contributed by atoms with van der Waals surface area (Å²) in [5.41, 5.74) is 9.96. The van der Waals surface area contributed by atoms with Gasteiger partial charge in [0.05, 0.1) is 20.8 Å². The molecule has 0 unspecified atom stereocenters. The van der Waals surface area contributed by atoms with Gasteiger partial charge in [0.2, 0.25) is 12.1 Å². The van der Waals surface area contributed by atoms with E-state index in [1.54, 1.807) is 20.5 Å². The van der Waals surface area contributed by atoms with Gasteiger partial charge in [-0.05, 0) is 47.9 Å². The lowest BCUT2D eigenvalue weighted by atomic mass is 9.99. The summed E-state index contributed by atoms with van der Waals surface area (Å²) < 4.78 is 18.8. The number of fused-ring (bicyclic) bond motifs is 1. The quantitative estimate of drug-likeness (QED) is 0.471. The third kappa shape index (κ3) is 3.56. The van der Waals surface area contributed by atoms with Crippen molar-refractivity contribution in [3.05, 3.63) is 54.9 Å². The zero-order valence-corrected chi connectivity index (χ0v) is 17.7. The number of hydrogen-bond acceptors (Lipinski definition) is 5. The highest BCUT2D eigenvalue weighted by molar-refractivity contribution is 6.04. The van der Waals surface area contributed by atoms with Crippen LogP contribution in [0, 0.1) is 5.92 Å². The van der Waals surface area contributed by atoms with E-state index in [-0.39, 0.29) is 0 Å². The molecule has 0 aliphatic heterocycles. The van der Waals surface area contributed by atoms with Gasteiger partial charge in [-0.3, -0.25) is 0 Å². The fourth-order valence-corrected chi connectivity index (χ4v) is 3.59. The Hall–Kier alpha value is -3.54. The second-order valence-corrected chi connectivity index (χ2v) is 7.62. The SMILES string of the molecule is COc1ccc(-c2oc3nc[n+](CC(C)C)c(N)c3c2-c2ccc(OC)cc2)cc1. The lowest BCUT2D eigenvalue weighted by Gasteiger charge is -2.08. The Balaban J connectivity index is 1.98. The molecule has 0 aliphatic carbocycles. The molecule has 4 rings (SSSR count). The van der Waals surface area contributed by atoms with E-state index in [4.69, 9.17) is 19.6 Å². The highest BCUT2D eigenvalue weighted by atomic mass is 16.5. The van der Waals surface area contributed by atoms with Crippen LogP contribution in [0.5, 0.6) is 11.5 Å². The molecule has 6 nitrogen and oxygen atoms in total. The van der Waals surface area contributed by atoms with Gasteiger partial charge in [0.25, 0.3) is 0 Å². The van der Waals surface area contributed by atoms with Gasteiger partial charge in [-0.25, -0.2) is 4.57 Å². The smallest absolute Gasteiger partial charge is 0.310 e. The molecule has 6 heteroatoms. The molecule has 0 aliphatic rings. The summed E-state index contributed by atoms with van der Waals surface area (Å²) in [6.07, 6.45) is 1.75. The minimum Gasteiger partial charge on any atom is -0.497 e. The maximum absolute atomic E-state index is 6.62. The van der Waals surface area contributed by atoms with Crippen LogP contribution < -0.4 is 19.8 Å². The lowest BCUT2D eigenvalue weighted by molar-refractivity contribution is -0.690. The zero-order valence-electron chi connectivity index (χ0n) is 17.7. The Labute approximate surface area is 175 Å². The van der Waals surface area contributed by atoms with Gasteiger partial charge in [-0.1, -0.05) is 31.0 Å². The second-order valence-electron chi connectivity index (χ2n) is 7.62. The Morgan fingerprint density at radius 3 is 2.03 bits per heavy atom. The average Bonchev–Trinajstić information content (AvgIpc) is 3.16. The number of ether oxygens (including phenoxy) is 2. The van der Waals surface area contributed by atoms with E-state index in [1.165, 1.54) is 0 Å². The molecule has 2 N–H and O–H groups in total. The van der Waals surface area contributed by atoms with Crippen LogP contribution in [-0.4, -0.2) is 19.2 Å². The Morgan fingerprint density at radius 1 is 0.933 bits per heavy atom. The normalized spacial score (nSPS) is 11.2. The summed E-state index contributed by atoms with van der Waals surface area (Å²) in [6.45, 7) is 5.08. The van der Waals surface area contributed by atoms with Crippen molar-refractivity contribution in [2.75, 3.05) is 20.0 Å². The Morgan fingerprint density at radius 2 is 1.50 bits per heavy atom. The molecule has 0 bridgehead atoms. The van der Waals surface area contributed by atoms with Crippen molar-refractivity contribution in [1.82, 2.24) is 4.98 Å². The number of nitrogens with zero attached hydrogens (tertiary/aromatic N) is 2. The van der Waals surface area contributed by atoms with Crippen LogP contribution in [0.4, 0.5) is 5.82 Å². The molecule has 2 heterocycles. The van der Waals surface area contributed by atoms with Crippen LogP contribution in [0.1, 0.15) is 13.8 Å². The van der Waals surface area contributed by atoms with Gasteiger partial charge >= 0.3 is 5.71 Å². The van der Waals surface area contributed by atoms with E-state index in [2.05, 4.69) is 18.8 Å². The van der Waals surface area contributed by atoms with Crippen LogP contribution in [-0.2, 0) is 6.54 Å². The molecule has 30 heavy (non-hydrogen) atoms. The summed E-state index contributed by atoms with van der Waals surface area (Å²) in [7, 11) is 3.30. The predicted octanol–water partition coefficient (Wildman–Crippen LogP) is 4.70. The first-order chi connectivity index (χ1) is 14.5. The Bertz CT molecular complexity index is 1160. The molecule has 0 atom stereocenters. The minimum absolute atomic E-state index is 0.439. The highest BCUT2D eigenvalue weighted by Crippen LogP contribution is 2.42. The molecular formula is C24H26N3O3+. The van der Waals surface area contributed by atoms with Crippen LogP contribution in [0.25, 0.3) is 33.6 Å². The lowest BCUT2D eigenvalue weighted by Crippen LogP contribution is -2.39. The predicted molar refractivity (Wildman–Crippen MR) is 117 cm³/mol. The number of furan rings is 1. The third-order valence-electron chi connectivity index (χ3n) is 5.06. The maximum Gasteiger partial charge on any atom is 0.310 e. The van der Waals surface area contributed by atoms with Crippen LogP contribution in [0.3, 0.4) is 0 Å². The van der Waals surface area contributed by atoms with Crippen molar-refractivity contribution < 1.29 is 18.5 Å². The van der Waals surface area contributed by atoms with Gasteiger partial charge in [0, 0.05) is 11.1 Å². The number of nitrogen functional groups attached to an aromatic ring is 1. The minimum atomic E-state index is 0.439. The first-order valence-corrected chi connectivity index (χ1v) is 9.91. The molecule has 0 saturated carbocycles. The molecule has 4 aromatic rings. The number of hydrogen-bond donors (Lipinski definition) is 1. The molecule has 0 spiro atoms. The number of nitrogens with two attached hydrogens (primary N) is 1. The first-order valence-electron chi connectivity index (χ1n) is 9.91.